The van der Waals surface area contributed by atoms with Gasteiger partial charge in [0.05, 0.1) is 0 Å². The molecule has 1 fully saturated rings. The van der Waals surface area contributed by atoms with E-state index in [1.54, 1.807) is 0 Å². The summed E-state index contributed by atoms with van der Waals surface area (Å²) in [5.41, 5.74) is 0. The number of hydrogen-bond acceptors (Lipinski definition) is 5. The molecule has 1 saturated heterocycles. The summed E-state index contributed by atoms with van der Waals surface area (Å²) in [5, 5.41) is 0.505. The van der Waals surface area contributed by atoms with Crippen LogP contribution in [0.15, 0.2) is 0 Å². The van der Waals surface area contributed by atoms with Crippen LogP contribution in [-0.2, 0) is 19.2 Å². The second kappa shape index (κ2) is 7.76. The van der Waals surface area contributed by atoms with E-state index in [-0.39, 0.29) is 18.9 Å². The van der Waals surface area contributed by atoms with E-state index in [4.69, 9.17) is 4.74 Å². The maximum atomic E-state index is 11.5. The number of hydrogen-bond donors (Lipinski definition) is 0. The summed E-state index contributed by atoms with van der Waals surface area (Å²) in [5.74, 6) is -0.995. The number of nitrogens with zero attached hydrogens (tertiary/aromatic N) is 1. The number of rotatable bonds is 7. The number of ether oxygens (including phenoxy) is 1. The maximum absolute atomic E-state index is 11.5. The molecule has 0 saturated carbocycles. The molecule has 1 unspecified atom stereocenters. The van der Waals surface area contributed by atoms with E-state index in [1.165, 1.54) is 0 Å². The predicted molar refractivity (Wildman–Crippen MR) is 66.9 cm³/mol. The van der Waals surface area contributed by atoms with Gasteiger partial charge in [-0.3, -0.25) is 14.4 Å². The van der Waals surface area contributed by atoms with Crippen molar-refractivity contribution in [1.29, 1.82) is 0 Å². The Hall–Kier alpha value is -1.59. The largest absolute Gasteiger partial charge is 0.534 e. The van der Waals surface area contributed by atoms with Crippen LogP contribution < -0.4 is 0 Å². The Morgan fingerprint density at radius 3 is 2.32 bits per heavy atom. The van der Waals surface area contributed by atoms with Crippen LogP contribution in [0.2, 0.25) is 0 Å². The Balaban J connectivity index is 2.43. The Morgan fingerprint density at radius 2 is 1.79 bits per heavy atom. The molecule has 1 heterocycles. The third-order valence-electron chi connectivity index (χ3n) is 2.92. The summed E-state index contributed by atoms with van der Waals surface area (Å²) in [6.07, 6.45) is 3.35. The molecule has 1 aliphatic heterocycles. The smallest absolute Gasteiger partial charge is 0.429 e. The first kappa shape index (κ1) is 15.5. The van der Waals surface area contributed by atoms with Gasteiger partial charge < -0.3 is 4.74 Å². The highest BCUT2D eigenvalue weighted by molar-refractivity contribution is 6.01. The van der Waals surface area contributed by atoms with Crippen LogP contribution in [-0.4, -0.2) is 29.1 Å². The first-order valence-electron chi connectivity index (χ1n) is 6.82. The van der Waals surface area contributed by atoms with Crippen molar-refractivity contribution in [1.82, 2.24) is 5.06 Å². The number of hydroxylamine groups is 2. The number of imide groups is 1. The molecule has 108 valence electrons. The Morgan fingerprint density at radius 1 is 1.16 bits per heavy atom. The van der Waals surface area contributed by atoms with Gasteiger partial charge >= 0.3 is 6.16 Å². The third-order valence-corrected chi connectivity index (χ3v) is 2.92. The van der Waals surface area contributed by atoms with Gasteiger partial charge in [-0.2, -0.15) is 0 Å². The normalized spacial score (nSPS) is 16.6. The third kappa shape index (κ3) is 4.89. The molecule has 2 amide bonds. The van der Waals surface area contributed by atoms with Crippen molar-refractivity contribution in [2.75, 3.05) is 0 Å². The molecule has 1 aliphatic rings. The van der Waals surface area contributed by atoms with Crippen LogP contribution in [0.5, 0.6) is 0 Å². The lowest BCUT2D eigenvalue weighted by Gasteiger charge is -2.18. The van der Waals surface area contributed by atoms with E-state index in [1.807, 2.05) is 6.92 Å². The number of amides is 2. The molecule has 0 aliphatic carbocycles. The number of carbonyl (C=O) groups is 3. The highest BCUT2D eigenvalue weighted by atomic mass is 16.8. The lowest BCUT2D eigenvalue weighted by Crippen LogP contribution is -2.33. The first-order valence-corrected chi connectivity index (χ1v) is 6.82. The van der Waals surface area contributed by atoms with Gasteiger partial charge in [-0.1, -0.05) is 38.2 Å². The van der Waals surface area contributed by atoms with E-state index < -0.39 is 18.0 Å². The van der Waals surface area contributed by atoms with Gasteiger partial charge in [-0.05, 0) is 12.8 Å². The Kier molecular flexibility index (Phi) is 6.32. The minimum absolute atomic E-state index is 0.0837. The van der Waals surface area contributed by atoms with Crippen molar-refractivity contribution >= 4 is 18.0 Å². The first-order chi connectivity index (χ1) is 9.08. The molecule has 1 atom stereocenters. The SMILES string of the molecule is CCCCC(CCC)OC(=O)ON1C(=O)CCC1=O. The quantitative estimate of drug-likeness (QED) is 0.525. The summed E-state index contributed by atoms with van der Waals surface area (Å²) in [6.45, 7) is 4.06. The monoisotopic (exact) mass is 271 g/mol. The molecule has 0 aromatic rings. The lowest BCUT2D eigenvalue weighted by molar-refractivity contribution is -0.178. The molecule has 0 aromatic heterocycles. The van der Waals surface area contributed by atoms with Crippen molar-refractivity contribution in [2.45, 2.75) is 64.9 Å². The molecule has 6 heteroatoms. The van der Waals surface area contributed by atoms with E-state index >= 15 is 0 Å². The fourth-order valence-corrected chi connectivity index (χ4v) is 1.91. The summed E-state index contributed by atoms with van der Waals surface area (Å²) in [7, 11) is 0. The molecular weight excluding hydrogens is 250 g/mol. The summed E-state index contributed by atoms with van der Waals surface area (Å²) in [6, 6.07) is 0. The van der Waals surface area contributed by atoms with Crippen LogP contribution in [0.3, 0.4) is 0 Å². The van der Waals surface area contributed by atoms with Gasteiger partial charge in [0.1, 0.15) is 6.10 Å². The number of carbonyl (C=O) groups excluding carboxylic acids is 3. The molecule has 0 bridgehead atoms. The Bertz CT molecular complexity index is 326. The second-order valence-electron chi connectivity index (χ2n) is 4.59. The van der Waals surface area contributed by atoms with Gasteiger partial charge in [-0.15, -0.1) is 0 Å². The van der Waals surface area contributed by atoms with Gasteiger partial charge in [0, 0.05) is 12.8 Å². The molecule has 1 rings (SSSR count). The van der Waals surface area contributed by atoms with Gasteiger partial charge in [0.25, 0.3) is 11.8 Å². The van der Waals surface area contributed by atoms with Crippen molar-refractivity contribution in [3.05, 3.63) is 0 Å². The van der Waals surface area contributed by atoms with Crippen LogP contribution in [0.25, 0.3) is 0 Å². The summed E-state index contributed by atoms with van der Waals surface area (Å²) in [4.78, 5) is 38.8. The zero-order chi connectivity index (χ0) is 14.3. The van der Waals surface area contributed by atoms with Gasteiger partial charge in [0.2, 0.25) is 0 Å². The van der Waals surface area contributed by atoms with E-state index in [0.717, 1.165) is 32.1 Å². The van der Waals surface area contributed by atoms with Crippen molar-refractivity contribution in [3.63, 3.8) is 0 Å². The van der Waals surface area contributed by atoms with Crippen molar-refractivity contribution in [2.24, 2.45) is 0 Å². The Labute approximate surface area is 113 Å². The summed E-state index contributed by atoms with van der Waals surface area (Å²) < 4.78 is 5.14. The van der Waals surface area contributed by atoms with Crippen LogP contribution >= 0.6 is 0 Å². The predicted octanol–water partition coefficient (Wildman–Crippen LogP) is 2.56. The molecule has 0 aromatic carbocycles. The van der Waals surface area contributed by atoms with E-state index in [2.05, 4.69) is 11.8 Å². The zero-order valence-electron chi connectivity index (χ0n) is 11.5. The number of unbranched alkanes of at least 4 members (excludes halogenated alkanes) is 1. The zero-order valence-corrected chi connectivity index (χ0v) is 11.5. The van der Waals surface area contributed by atoms with Crippen molar-refractivity contribution in [3.8, 4) is 0 Å². The standard InChI is InChI=1S/C13H21NO5/c1-3-5-7-10(6-4-2)18-13(17)19-14-11(15)8-9-12(14)16/h10H,3-9H2,1-2H3. The molecule has 0 radical (unpaired) electrons. The molecule has 0 spiro atoms. The van der Waals surface area contributed by atoms with Gasteiger partial charge in [0.15, 0.2) is 0 Å². The molecule has 6 nitrogen and oxygen atoms in total. The minimum Gasteiger partial charge on any atom is -0.429 e. The topological polar surface area (TPSA) is 72.9 Å². The van der Waals surface area contributed by atoms with Crippen LogP contribution in [0.1, 0.15) is 58.8 Å². The highest BCUT2D eigenvalue weighted by Gasteiger charge is 2.33. The fourth-order valence-electron chi connectivity index (χ4n) is 1.91. The fraction of sp³-hybridized carbons (Fsp3) is 0.769. The second-order valence-corrected chi connectivity index (χ2v) is 4.59. The molecule has 0 N–H and O–H groups in total. The molecule has 19 heavy (non-hydrogen) atoms. The lowest BCUT2D eigenvalue weighted by atomic mass is 10.1. The summed E-state index contributed by atoms with van der Waals surface area (Å²) >= 11 is 0. The maximum Gasteiger partial charge on any atom is 0.534 e. The van der Waals surface area contributed by atoms with Gasteiger partial charge in [-0.25, -0.2) is 4.79 Å². The minimum atomic E-state index is -0.974. The highest BCUT2D eigenvalue weighted by Crippen LogP contribution is 2.15. The average molecular weight is 271 g/mol. The van der Waals surface area contributed by atoms with Crippen LogP contribution in [0.4, 0.5) is 4.79 Å². The van der Waals surface area contributed by atoms with E-state index in [9.17, 15) is 14.4 Å². The average Bonchev–Trinajstić information content (AvgIpc) is 2.68. The van der Waals surface area contributed by atoms with E-state index in [0.29, 0.717) is 5.06 Å². The van der Waals surface area contributed by atoms with Crippen LogP contribution in [0, 0.1) is 0 Å². The van der Waals surface area contributed by atoms with Crippen molar-refractivity contribution < 1.29 is 24.0 Å². The molecular formula is C13H21NO5.